The number of rotatable bonds is 12. The minimum atomic E-state index is -0.403. The van der Waals surface area contributed by atoms with E-state index in [9.17, 15) is 19.2 Å². The SMILES string of the molecule is CC(C)NCCNC(=O)CN(CC(=O)N(C)N1CCOCC1)c1cc(C#N)ccc1Oc1ccc(F)cc1. The standard InChI is InChI=1S/C27H35FN6O4/c1-20(2)30-10-11-31-26(35)18-33(19-27(36)32(3)34-12-14-37-15-13-34)24-16-21(17-29)4-9-25(24)38-23-7-5-22(28)6-8-23/h4-9,16,20,30H,10-15,18-19H2,1-3H3,(H,31,35). The van der Waals surface area contributed by atoms with E-state index in [-0.39, 0.29) is 30.9 Å². The monoisotopic (exact) mass is 526 g/mol. The van der Waals surface area contributed by atoms with Gasteiger partial charge in [-0.25, -0.2) is 9.40 Å². The first-order valence-corrected chi connectivity index (χ1v) is 12.6. The number of likely N-dealkylation sites (N-methyl/N-ethyl adjacent to an activating group) is 1. The van der Waals surface area contributed by atoms with E-state index in [1.165, 1.54) is 29.3 Å². The van der Waals surface area contributed by atoms with Gasteiger partial charge in [0, 0.05) is 39.3 Å². The van der Waals surface area contributed by atoms with Crippen molar-refractivity contribution in [1.82, 2.24) is 20.7 Å². The molecule has 0 aromatic heterocycles. The fourth-order valence-corrected chi connectivity index (χ4v) is 3.85. The quantitative estimate of drug-likeness (QED) is 0.405. The van der Waals surface area contributed by atoms with Crippen molar-refractivity contribution in [2.24, 2.45) is 0 Å². The molecular formula is C27H35FN6O4. The summed E-state index contributed by atoms with van der Waals surface area (Å²) in [7, 11) is 1.69. The molecule has 0 aliphatic carbocycles. The average Bonchev–Trinajstić information content (AvgIpc) is 2.92. The Hall–Kier alpha value is -3.72. The van der Waals surface area contributed by atoms with Gasteiger partial charge in [0.2, 0.25) is 5.91 Å². The highest BCUT2D eigenvalue weighted by atomic mass is 19.1. The van der Waals surface area contributed by atoms with E-state index in [4.69, 9.17) is 9.47 Å². The molecule has 0 unspecified atom stereocenters. The zero-order valence-corrected chi connectivity index (χ0v) is 22.1. The Labute approximate surface area is 222 Å². The first-order valence-electron chi connectivity index (χ1n) is 12.6. The Balaban J connectivity index is 1.86. The molecule has 1 aliphatic heterocycles. The number of hydrogen-bond donors (Lipinski definition) is 2. The molecule has 2 N–H and O–H groups in total. The van der Waals surface area contributed by atoms with Gasteiger partial charge in [-0.15, -0.1) is 0 Å². The number of carbonyl (C=O) groups is 2. The van der Waals surface area contributed by atoms with Crippen molar-refractivity contribution in [3.8, 4) is 17.6 Å². The van der Waals surface area contributed by atoms with Gasteiger partial charge in [0.25, 0.3) is 5.91 Å². The van der Waals surface area contributed by atoms with Crippen LogP contribution in [0.3, 0.4) is 0 Å². The predicted octanol–water partition coefficient (Wildman–Crippen LogP) is 2.12. The van der Waals surface area contributed by atoms with E-state index < -0.39 is 5.82 Å². The van der Waals surface area contributed by atoms with E-state index in [1.807, 2.05) is 18.9 Å². The summed E-state index contributed by atoms with van der Waals surface area (Å²) in [4.78, 5) is 27.8. The molecule has 1 saturated heterocycles. The van der Waals surface area contributed by atoms with Gasteiger partial charge in [0.05, 0.1) is 43.6 Å². The molecular weight excluding hydrogens is 491 g/mol. The maximum atomic E-state index is 13.4. The first-order chi connectivity index (χ1) is 18.3. The van der Waals surface area contributed by atoms with Crippen molar-refractivity contribution >= 4 is 17.5 Å². The van der Waals surface area contributed by atoms with E-state index in [0.717, 1.165) is 0 Å². The van der Waals surface area contributed by atoms with Gasteiger partial charge in [-0.2, -0.15) is 5.26 Å². The second-order valence-corrected chi connectivity index (χ2v) is 9.15. The highest BCUT2D eigenvalue weighted by Crippen LogP contribution is 2.33. The van der Waals surface area contributed by atoms with Gasteiger partial charge in [0.1, 0.15) is 11.6 Å². The molecule has 3 rings (SSSR count). The molecule has 2 aromatic carbocycles. The third-order valence-corrected chi connectivity index (χ3v) is 5.90. The van der Waals surface area contributed by atoms with Gasteiger partial charge < -0.3 is 25.0 Å². The van der Waals surface area contributed by atoms with Crippen LogP contribution in [0.15, 0.2) is 42.5 Å². The zero-order valence-electron chi connectivity index (χ0n) is 22.1. The summed E-state index contributed by atoms with van der Waals surface area (Å²) in [5.41, 5.74) is 0.736. The van der Waals surface area contributed by atoms with Crippen molar-refractivity contribution in [2.45, 2.75) is 19.9 Å². The van der Waals surface area contributed by atoms with Gasteiger partial charge in [-0.3, -0.25) is 14.6 Å². The van der Waals surface area contributed by atoms with Crippen molar-refractivity contribution in [3.05, 3.63) is 53.8 Å². The number of hydrogen-bond acceptors (Lipinski definition) is 8. The summed E-state index contributed by atoms with van der Waals surface area (Å²) in [6, 6.07) is 12.7. The van der Waals surface area contributed by atoms with Gasteiger partial charge in [-0.1, -0.05) is 13.8 Å². The van der Waals surface area contributed by atoms with E-state index >= 15 is 0 Å². The largest absolute Gasteiger partial charge is 0.455 e. The smallest absolute Gasteiger partial charge is 0.256 e. The minimum Gasteiger partial charge on any atom is -0.455 e. The van der Waals surface area contributed by atoms with Crippen molar-refractivity contribution < 1.29 is 23.5 Å². The predicted molar refractivity (Wildman–Crippen MR) is 141 cm³/mol. The molecule has 0 spiro atoms. The molecule has 1 heterocycles. The Morgan fingerprint density at radius 2 is 1.84 bits per heavy atom. The summed E-state index contributed by atoms with van der Waals surface area (Å²) >= 11 is 0. The number of nitrogens with one attached hydrogen (secondary N) is 2. The Kier molecular flexibility index (Phi) is 10.8. The van der Waals surface area contributed by atoms with E-state index in [0.29, 0.717) is 62.1 Å². The number of nitrogens with zero attached hydrogens (tertiary/aromatic N) is 4. The van der Waals surface area contributed by atoms with Crippen molar-refractivity contribution in [1.29, 1.82) is 5.26 Å². The highest BCUT2D eigenvalue weighted by Gasteiger charge is 2.25. The summed E-state index contributed by atoms with van der Waals surface area (Å²) in [5.74, 6) is -0.229. The molecule has 0 saturated carbocycles. The highest BCUT2D eigenvalue weighted by molar-refractivity contribution is 5.87. The molecule has 10 nitrogen and oxygen atoms in total. The van der Waals surface area contributed by atoms with Gasteiger partial charge in [-0.05, 0) is 42.5 Å². The maximum absolute atomic E-state index is 13.4. The lowest BCUT2D eigenvalue weighted by atomic mass is 10.1. The third kappa shape index (κ3) is 8.69. The van der Waals surface area contributed by atoms with Crippen LogP contribution in [-0.2, 0) is 14.3 Å². The second kappa shape index (κ2) is 14.3. The molecule has 0 bridgehead atoms. The normalized spacial score (nSPS) is 13.6. The summed E-state index contributed by atoms with van der Waals surface area (Å²) < 4.78 is 24.8. The molecule has 1 fully saturated rings. The van der Waals surface area contributed by atoms with Gasteiger partial charge in [0.15, 0.2) is 5.75 Å². The topological polar surface area (TPSA) is 110 Å². The van der Waals surface area contributed by atoms with E-state index in [1.54, 1.807) is 30.1 Å². The van der Waals surface area contributed by atoms with Crippen molar-refractivity contribution in [3.63, 3.8) is 0 Å². The Bertz CT molecular complexity index is 1120. The van der Waals surface area contributed by atoms with Crippen LogP contribution in [0.2, 0.25) is 0 Å². The van der Waals surface area contributed by atoms with Crippen molar-refractivity contribution in [2.75, 3.05) is 64.4 Å². The molecule has 38 heavy (non-hydrogen) atoms. The number of morpholine rings is 1. The van der Waals surface area contributed by atoms with Crippen LogP contribution < -0.4 is 20.3 Å². The third-order valence-electron chi connectivity index (χ3n) is 5.90. The second-order valence-electron chi connectivity index (χ2n) is 9.15. The first kappa shape index (κ1) is 28.8. The Morgan fingerprint density at radius 1 is 1.13 bits per heavy atom. The van der Waals surface area contributed by atoms with Crippen LogP contribution >= 0.6 is 0 Å². The number of anilines is 1. The van der Waals surface area contributed by atoms with Crippen LogP contribution in [0.5, 0.6) is 11.5 Å². The average molecular weight is 527 g/mol. The van der Waals surface area contributed by atoms with Crippen LogP contribution in [0.1, 0.15) is 19.4 Å². The van der Waals surface area contributed by atoms with Crippen LogP contribution in [0, 0.1) is 17.1 Å². The fourth-order valence-electron chi connectivity index (χ4n) is 3.85. The lowest BCUT2D eigenvalue weighted by Crippen LogP contribution is -2.53. The summed E-state index contributed by atoms with van der Waals surface area (Å²) in [6.45, 7) is 6.98. The van der Waals surface area contributed by atoms with Crippen LogP contribution in [0.25, 0.3) is 0 Å². The Morgan fingerprint density at radius 3 is 2.50 bits per heavy atom. The number of nitriles is 1. The number of carbonyl (C=O) groups excluding carboxylic acids is 2. The molecule has 11 heteroatoms. The van der Waals surface area contributed by atoms with Crippen LogP contribution in [-0.4, -0.2) is 87.4 Å². The molecule has 2 aromatic rings. The summed E-state index contributed by atoms with van der Waals surface area (Å²) in [6.07, 6.45) is 0. The number of hydrazine groups is 1. The number of halogens is 1. The number of ether oxygens (including phenoxy) is 2. The molecule has 0 radical (unpaired) electrons. The lowest BCUT2D eigenvalue weighted by molar-refractivity contribution is -0.150. The van der Waals surface area contributed by atoms with E-state index in [2.05, 4.69) is 16.7 Å². The molecule has 2 amide bonds. The molecule has 0 atom stereocenters. The number of benzene rings is 2. The zero-order chi connectivity index (χ0) is 27.5. The molecule has 1 aliphatic rings. The lowest BCUT2D eigenvalue weighted by Gasteiger charge is -2.36. The van der Waals surface area contributed by atoms with Gasteiger partial charge >= 0.3 is 0 Å². The minimum absolute atomic E-state index is 0.139. The summed E-state index contributed by atoms with van der Waals surface area (Å²) in [5, 5.41) is 19.1. The fraction of sp³-hybridized carbons (Fsp3) is 0.444. The maximum Gasteiger partial charge on any atom is 0.256 e. The number of amides is 2. The molecule has 204 valence electrons. The van der Waals surface area contributed by atoms with Crippen LogP contribution in [0.4, 0.5) is 10.1 Å².